The maximum atomic E-state index is 11.9. The van der Waals surface area contributed by atoms with Crippen LogP contribution in [0.15, 0.2) is 54.6 Å². The van der Waals surface area contributed by atoms with Crippen LogP contribution in [0, 0.1) is 11.3 Å². The van der Waals surface area contributed by atoms with Crippen LogP contribution in [-0.4, -0.2) is 18.4 Å². The van der Waals surface area contributed by atoms with Crippen molar-refractivity contribution < 1.29 is 14.3 Å². The molecule has 0 saturated heterocycles. The van der Waals surface area contributed by atoms with E-state index < -0.39 is 5.97 Å². The number of nitrogens with zero attached hydrogens (tertiary/aromatic N) is 1. The van der Waals surface area contributed by atoms with Gasteiger partial charge in [-0.3, -0.25) is 4.79 Å². The molecular weight excluding hydrogens is 314 g/mol. The Morgan fingerprint density at radius 3 is 2.48 bits per heavy atom. The number of hydrogen-bond acceptors (Lipinski definition) is 4. The van der Waals surface area contributed by atoms with Gasteiger partial charge in [0, 0.05) is 11.6 Å². The second-order valence-corrected chi connectivity index (χ2v) is 4.99. The summed E-state index contributed by atoms with van der Waals surface area (Å²) >= 11 is 5.90. The molecule has 0 atom stereocenters. The van der Waals surface area contributed by atoms with Crippen molar-refractivity contribution in [1.82, 2.24) is 0 Å². The minimum absolute atomic E-state index is 0.318. The van der Waals surface area contributed by atoms with Crippen LogP contribution in [0.5, 0.6) is 0 Å². The lowest BCUT2D eigenvalue weighted by Gasteiger charge is -2.03. The topological polar surface area (TPSA) is 67.2 Å². The monoisotopic (exact) mass is 325 g/mol. The molecule has 2 aromatic rings. The second kappa shape index (κ2) is 7.92. The molecule has 0 aliphatic heterocycles. The lowest BCUT2D eigenvalue weighted by molar-refractivity contribution is -0.136. The standard InChI is InChI=1S/C18H12ClNO3/c19-16-4-2-1-3-15(16)17(21)12-23-18(22)10-9-13-5-7-14(11-20)8-6-13/h1-10H,12H2/b10-9+. The molecule has 4 nitrogen and oxygen atoms in total. The Morgan fingerprint density at radius 1 is 1.13 bits per heavy atom. The summed E-state index contributed by atoms with van der Waals surface area (Å²) < 4.78 is 4.89. The SMILES string of the molecule is N#Cc1ccc(/C=C/C(=O)OCC(=O)c2ccccc2Cl)cc1. The summed E-state index contributed by atoms with van der Waals surface area (Å²) in [5.74, 6) is -0.995. The second-order valence-electron chi connectivity index (χ2n) is 4.58. The summed E-state index contributed by atoms with van der Waals surface area (Å²) in [6.07, 6.45) is 2.77. The number of esters is 1. The molecule has 0 amide bonds. The van der Waals surface area contributed by atoms with Crippen LogP contribution < -0.4 is 0 Å². The third kappa shape index (κ3) is 4.80. The van der Waals surface area contributed by atoms with Crippen LogP contribution in [0.4, 0.5) is 0 Å². The Morgan fingerprint density at radius 2 is 1.83 bits per heavy atom. The van der Waals surface area contributed by atoms with Gasteiger partial charge < -0.3 is 4.74 Å². The highest BCUT2D eigenvalue weighted by Gasteiger charge is 2.11. The average Bonchev–Trinajstić information content (AvgIpc) is 2.58. The number of benzene rings is 2. The number of rotatable bonds is 5. The minimum atomic E-state index is -0.630. The van der Waals surface area contributed by atoms with Gasteiger partial charge in [0.15, 0.2) is 6.61 Å². The highest BCUT2D eigenvalue weighted by Crippen LogP contribution is 2.15. The van der Waals surface area contributed by atoms with Crippen molar-refractivity contribution in [1.29, 1.82) is 5.26 Å². The molecule has 0 aliphatic rings. The van der Waals surface area contributed by atoms with Crippen LogP contribution in [0.2, 0.25) is 5.02 Å². The van der Waals surface area contributed by atoms with Gasteiger partial charge in [-0.15, -0.1) is 0 Å². The van der Waals surface area contributed by atoms with E-state index in [9.17, 15) is 9.59 Å². The van der Waals surface area contributed by atoms with Crippen LogP contribution in [-0.2, 0) is 9.53 Å². The maximum Gasteiger partial charge on any atom is 0.331 e. The fourth-order valence-electron chi connectivity index (χ4n) is 1.78. The molecule has 0 fully saturated rings. The number of nitriles is 1. The van der Waals surface area contributed by atoms with Crippen molar-refractivity contribution in [3.8, 4) is 6.07 Å². The summed E-state index contributed by atoms with van der Waals surface area (Å²) in [4.78, 5) is 23.5. The minimum Gasteiger partial charge on any atom is -0.454 e. The lowest BCUT2D eigenvalue weighted by Crippen LogP contribution is -2.12. The highest BCUT2D eigenvalue weighted by atomic mass is 35.5. The van der Waals surface area contributed by atoms with Crippen LogP contribution in [0.1, 0.15) is 21.5 Å². The molecular formula is C18H12ClNO3. The van der Waals surface area contributed by atoms with Crippen molar-refractivity contribution in [2.45, 2.75) is 0 Å². The van der Waals surface area contributed by atoms with Gasteiger partial charge in [0.05, 0.1) is 16.7 Å². The molecule has 2 rings (SSSR count). The zero-order valence-corrected chi connectivity index (χ0v) is 12.8. The molecule has 0 saturated carbocycles. The number of halogens is 1. The van der Waals surface area contributed by atoms with Gasteiger partial charge in [0.1, 0.15) is 0 Å². The Bertz CT molecular complexity index is 789. The Kier molecular flexibility index (Phi) is 5.67. The van der Waals surface area contributed by atoms with E-state index in [2.05, 4.69) is 0 Å². The molecule has 0 unspecified atom stereocenters. The van der Waals surface area contributed by atoms with Gasteiger partial charge in [-0.25, -0.2) is 4.79 Å². The van der Waals surface area contributed by atoms with E-state index in [-0.39, 0.29) is 12.4 Å². The predicted octanol–water partition coefficient (Wildman–Crippen LogP) is 3.65. The van der Waals surface area contributed by atoms with Crippen molar-refractivity contribution in [2.75, 3.05) is 6.61 Å². The molecule has 0 spiro atoms. The van der Waals surface area contributed by atoms with E-state index in [1.807, 2.05) is 6.07 Å². The molecule has 114 valence electrons. The van der Waals surface area contributed by atoms with Gasteiger partial charge >= 0.3 is 5.97 Å². The largest absolute Gasteiger partial charge is 0.454 e. The Labute approximate surface area is 138 Å². The highest BCUT2D eigenvalue weighted by molar-refractivity contribution is 6.34. The Balaban J connectivity index is 1.89. The number of ketones is 1. The van der Waals surface area contributed by atoms with Crippen molar-refractivity contribution in [2.24, 2.45) is 0 Å². The van der Waals surface area contributed by atoms with Gasteiger partial charge in [-0.2, -0.15) is 5.26 Å². The lowest BCUT2D eigenvalue weighted by atomic mass is 10.1. The third-order valence-electron chi connectivity index (χ3n) is 2.97. The van der Waals surface area contributed by atoms with Gasteiger partial charge in [0.2, 0.25) is 5.78 Å². The first-order valence-corrected chi connectivity index (χ1v) is 7.10. The van der Waals surface area contributed by atoms with E-state index in [0.717, 1.165) is 5.56 Å². The van der Waals surface area contributed by atoms with Gasteiger partial charge in [-0.1, -0.05) is 35.9 Å². The molecule has 0 aliphatic carbocycles. The van der Waals surface area contributed by atoms with E-state index in [1.54, 1.807) is 54.6 Å². The van der Waals surface area contributed by atoms with E-state index in [1.165, 1.54) is 6.08 Å². The normalized spacial score (nSPS) is 10.3. The molecule has 0 aromatic heterocycles. The third-order valence-corrected chi connectivity index (χ3v) is 3.30. The predicted molar refractivity (Wildman–Crippen MR) is 86.9 cm³/mol. The summed E-state index contributed by atoms with van der Waals surface area (Å²) in [5, 5.41) is 9.02. The quantitative estimate of drug-likeness (QED) is 0.478. The van der Waals surface area contributed by atoms with Crippen LogP contribution in [0.25, 0.3) is 6.08 Å². The van der Waals surface area contributed by atoms with Crippen molar-refractivity contribution >= 4 is 29.4 Å². The number of carbonyl (C=O) groups is 2. The number of carbonyl (C=O) groups excluding carboxylic acids is 2. The fourth-order valence-corrected chi connectivity index (χ4v) is 2.02. The molecule has 5 heteroatoms. The number of ether oxygens (including phenoxy) is 1. The first-order valence-electron chi connectivity index (χ1n) is 6.73. The maximum absolute atomic E-state index is 11.9. The number of Topliss-reactive ketones (excluding diaryl/α,β-unsaturated/α-hetero) is 1. The Hall–Kier alpha value is -2.90. The zero-order chi connectivity index (χ0) is 16.7. The number of hydrogen-bond donors (Lipinski definition) is 0. The van der Waals surface area contributed by atoms with E-state index >= 15 is 0 Å². The van der Waals surface area contributed by atoms with E-state index in [4.69, 9.17) is 21.6 Å². The summed E-state index contributed by atoms with van der Waals surface area (Å²) in [5.41, 5.74) is 1.60. The summed E-state index contributed by atoms with van der Waals surface area (Å²) in [6, 6.07) is 15.3. The van der Waals surface area contributed by atoms with E-state index in [0.29, 0.717) is 16.1 Å². The first kappa shape index (κ1) is 16.5. The zero-order valence-electron chi connectivity index (χ0n) is 12.0. The molecule has 0 radical (unpaired) electrons. The summed E-state index contributed by atoms with van der Waals surface area (Å²) in [6.45, 7) is -0.375. The van der Waals surface area contributed by atoms with Crippen LogP contribution in [0.3, 0.4) is 0 Å². The van der Waals surface area contributed by atoms with Crippen molar-refractivity contribution in [3.05, 3.63) is 76.3 Å². The van der Waals surface area contributed by atoms with Crippen LogP contribution >= 0.6 is 11.6 Å². The van der Waals surface area contributed by atoms with Gasteiger partial charge in [-0.05, 0) is 35.9 Å². The molecule has 0 heterocycles. The smallest absolute Gasteiger partial charge is 0.331 e. The first-order chi connectivity index (χ1) is 11.1. The average molecular weight is 326 g/mol. The fraction of sp³-hybridized carbons (Fsp3) is 0.0556. The summed E-state index contributed by atoms with van der Waals surface area (Å²) in [7, 11) is 0. The van der Waals surface area contributed by atoms with Crippen molar-refractivity contribution in [3.63, 3.8) is 0 Å². The molecule has 0 N–H and O–H groups in total. The molecule has 0 bridgehead atoms. The molecule has 2 aromatic carbocycles. The molecule has 23 heavy (non-hydrogen) atoms. The van der Waals surface area contributed by atoms with Gasteiger partial charge in [0.25, 0.3) is 0 Å².